The van der Waals surface area contributed by atoms with Crippen molar-refractivity contribution in [1.82, 2.24) is 5.32 Å². The molecular weight excluding hydrogens is 307 g/mol. The van der Waals surface area contributed by atoms with Gasteiger partial charge in [0.2, 0.25) is 0 Å². The highest BCUT2D eigenvalue weighted by Gasteiger charge is 2.16. The third-order valence-electron chi connectivity index (χ3n) is 2.07. The number of halogens is 1. The second-order valence-electron chi connectivity index (χ2n) is 3.10. The van der Waals surface area contributed by atoms with Gasteiger partial charge >= 0.3 is 5.17 Å². The van der Waals surface area contributed by atoms with Gasteiger partial charge in [-0.3, -0.25) is 9.89 Å². The Balaban J connectivity index is 0.00000169. The van der Waals surface area contributed by atoms with Gasteiger partial charge in [0.25, 0.3) is 0 Å². The molecule has 0 saturated carbocycles. The molecule has 2 nitrogen and oxygen atoms in total. The van der Waals surface area contributed by atoms with Crippen LogP contribution in [0.1, 0.15) is 19.8 Å². The summed E-state index contributed by atoms with van der Waals surface area (Å²) < 4.78 is 2.44. The topological polar surface area (TPSA) is 15.0 Å². The maximum Gasteiger partial charge on any atom is 0.306 e. The fraction of sp³-hybridized carbons (Fsp3) is 0.700. The number of nitrogens with zero attached hydrogens (tertiary/aromatic N) is 1. The fourth-order valence-electron chi connectivity index (χ4n) is 1.47. The molecule has 1 saturated heterocycles. The first-order valence-electron chi connectivity index (χ1n) is 4.98. The van der Waals surface area contributed by atoms with E-state index in [1.54, 1.807) is 0 Å². The third-order valence-corrected chi connectivity index (χ3v) is 3.04. The van der Waals surface area contributed by atoms with E-state index < -0.39 is 0 Å². The molecule has 0 bridgehead atoms. The standard InChI is InChI=1S/C10H18N2S.HI/c1-3-7-11-10(13-4-2)12-8-5-6-9-12;/h3H,1,4-9H2,2H3;1H. The van der Waals surface area contributed by atoms with E-state index in [1.807, 2.05) is 17.8 Å². The van der Waals surface area contributed by atoms with E-state index in [1.165, 1.54) is 31.1 Å². The van der Waals surface area contributed by atoms with Gasteiger partial charge in [0, 0.05) is 5.75 Å². The first kappa shape index (κ1) is 14.3. The zero-order valence-corrected chi connectivity index (χ0v) is 11.7. The van der Waals surface area contributed by atoms with Crippen LogP contribution in [0.2, 0.25) is 0 Å². The minimum Gasteiger partial charge on any atom is -1.00 e. The molecule has 1 N–H and O–H groups in total. The molecule has 14 heavy (non-hydrogen) atoms. The molecule has 1 aliphatic heterocycles. The molecule has 0 aromatic carbocycles. The first-order chi connectivity index (χ1) is 6.38. The Labute approximate surface area is 108 Å². The molecule has 0 aliphatic carbocycles. The first-order valence-corrected chi connectivity index (χ1v) is 5.96. The van der Waals surface area contributed by atoms with Gasteiger partial charge in [-0.2, -0.15) is 0 Å². The van der Waals surface area contributed by atoms with E-state index in [9.17, 15) is 0 Å². The lowest BCUT2D eigenvalue weighted by atomic mass is 10.4. The summed E-state index contributed by atoms with van der Waals surface area (Å²) in [5.41, 5.74) is 0. The zero-order chi connectivity index (χ0) is 9.52. The Bertz CT molecular complexity index is 196. The Morgan fingerprint density at radius 3 is 2.64 bits per heavy atom. The molecule has 0 amide bonds. The van der Waals surface area contributed by atoms with E-state index in [-0.39, 0.29) is 24.0 Å². The number of thioether (sulfide) groups is 1. The van der Waals surface area contributed by atoms with Crippen molar-refractivity contribution in [3.05, 3.63) is 12.7 Å². The van der Waals surface area contributed by atoms with E-state index in [2.05, 4.69) is 23.4 Å². The summed E-state index contributed by atoms with van der Waals surface area (Å²) in [5, 5.41) is 4.73. The molecule has 0 unspecified atom stereocenters. The van der Waals surface area contributed by atoms with Crippen LogP contribution in [0.25, 0.3) is 0 Å². The normalized spacial score (nSPS) is 14.8. The summed E-state index contributed by atoms with van der Waals surface area (Å²) in [7, 11) is 0. The Morgan fingerprint density at radius 2 is 2.14 bits per heavy atom. The quantitative estimate of drug-likeness (QED) is 0.300. The number of amidine groups is 1. The van der Waals surface area contributed by atoms with Crippen molar-refractivity contribution < 1.29 is 28.6 Å². The van der Waals surface area contributed by atoms with Crippen LogP contribution >= 0.6 is 11.8 Å². The third kappa shape index (κ3) is 4.68. The summed E-state index contributed by atoms with van der Waals surface area (Å²) in [6.07, 6.45) is 4.58. The lowest BCUT2D eigenvalue weighted by Crippen LogP contribution is -3.00. The summed E-state index contributed by atoms with van der Waals surface area (Å²) in [6.45, 7) is 9.21. The lowest BCUT2D eigenvalue weighted by molar-refractivity contribution is -0.505. The van der Waals surface area contributed by atoms with Crippen LogP contribution in [0.15, 0.2) is 12.7 Å². The highest BCUT2D eigenvalue weighted by Crippen LogP contribution is 2.07. The molecule has 1 fully saturated rings. The largest absolute Gasteiger partial charge is 1.00 e. The summed E-state index contributed by atoms with van der Waals surface area (Å²) in [6, 6.07) is 0. The van der Waals surface area contributed by atoms with Gasteiger partial charge in [-0.1, -0.05) is 19.6 Å². The van der Waals surface area contributed by atoms with Crippen LogP contribution in [0, 0.1) is 0 Å². The van der Waals surface area contributed by atoms with Crippen molar-refractivity contribution in [3.63, 3.8) is 0 Å². The minimum atomic E-state index is 0. The van der Waals surface area contributed by atoms with Crippen molar-refractivity contribution in [1.29, 1.82) is 0 Å². The molecule has 0 spiro atoms. The minimum absolute atomic E-state index is 0. The average molecular weight is 326 g/mol. The molecule has 4 heteroatoms. The zero-order valence-electron chi connectivity index (χ0n) is 8.76. The second kappa shape index (κ2) is 8.59. The van der Waals surface area contributed by atoms with Gasteiger partial charge < -0.3 is 24.0 Å². The van der Waals surface area contributed by atoms with Crippen molar-refractivity contribution in [2.24, 2.45) is 0 Å². The molecular formula is C10H19IN2S. The number of hydrogen-bond donors (Lipinski definition) is 1. The predicted molar refractivity (Wildman–Crippen MR) is 60.6 cm³/mol. The molecule has 0 atom stereocenters. The maximum absolute atomic E-state index is 3.72. The molecule has 1 heterocycles. The second-order valence-corrected chi connectivity index (χ2v) is 4.35. The molecule has 1 aliphatic rings. The summed E-state index contributed by atoms with van der Waals surface area (Å²) >= 11 is 1.90. The van der Waals surface area contributed by atoms with Crippen LogP contribution in [-0.4, -0.2) is 35.1 Å². The summed E-state index contributed by atoms with van der Waals surface area (Å²) in [4.78, 5) is 0. The molecule has 1 rings (SSSR count). The Morgan fingerprint density at radius 1 is 1.50 bits per heavy atom. The van der Waals surface area contributed by atoms with Gasteiger partial charge in [-0.05, 0) is 24.6 Å². The highest BCUT2D eigenvalue weighted by atomic mass is 127. The highest BCUT2D eigenvalue weighted by molar-refractivity contribution is 8.13. The predicted octanol–water partition coefficient (Wildman–Crippen LogP) is -1.32. The monoisotopic (exact) mass is 326 g/mol. The van der Waals surface area contributed by atoms with Crippen LogP contribution in [0.4, 0.5) is 0 Å². The molecule has 0 aromatic rings. The summed E-state index contributed by atoms with van der Waals surface area (Å²) in [5.74, 6) is 1.13. The lowest BCUT2D eigenvalue weighted by Gasteiger charge is -2.04. The van der Waals surface area contributed by atoms with Crippen LogP contribution in [0.3, 0.4) is 0 Å². The number of hydrogen-bond acceptors (Lipinski definition) is 1. The van der Waals surface area contributed by atoms with Gasteiger partial charge in [-0.15, -0.1) is 0 Å². The average Bonchev–Trinajstić information content (AvgIpc) is 2.65. The molecule has 0 aromatic heterocycles. The smallest absolute Gasteiger partial charge is 0.306 e. The van der Waals surface area contributed by atoms with Crippen LogP contribution in [-0.2, 0) is 0 Å². The van der Waals surface area contributed by atoms with Crippen LogP contribution < -0.4 is 29.3 Å². The van der Waals surface area contributed by atoms with Crippen molar-refractivity contribution in [2.45, 2.75) is 19.8 Å². The van der Waals surface area contributed by atoms with Crippen LogP contribution in [0.5, 0.6) is 0 Å². The van der Waals surface area contributed by atoms with Crippen molar-refractivity contribution >= 4 is 16.9 Å². The van der Waals surface area contributed by atoms with Gasteiger partial charge in [-0.25, -0.2) is 0 Å². The van der Waals surface area contributed by atoms with Crippen molar-refractivity contribution in [2.75, 3.05) is 25.4 Å². The molecule has 0 radical (unpaired) electrons. The molecule has 82 valence electrons. The number of rotatable bonds is 3. The Hall–Kier alpha value is 0.290. The van der Waals surface area contributed by atoms with E-state index in [4.69, 9.17) is 0 Å². The fourth-order valence-corrected chi connectivity index (χ4v) is 2.29. The van der Waals surface area contributed by atoms with Gasteiger partial charge in [0.15, 0.2) is 0 Å². The van der Waals surface area contributed by atoms with Gasteiger partial charge in [0.1, 0.15) is 6.54 Å². The van der Waals surface area contributed by atoms with E-state index in [0.717, 1.165) is 12.3 Å². The van der Waals surface area contributed by atoms with Gasteiger partial charge in [0.05, 0.1) is 13.1 Å². The van der Waals surface area contributed by atoms with E-state index in [0.29, 0.717) is 0 Å². The maximum atomic E-state index is 3.72. The SMILES string of the molecule is C=CCNC(SCC)=[N+]1CCCC1.[I-]. The Kier molecular flexibility index (Phi) is 8.76. The van der Waals surface area contributed by atoms with E-state index >= 15 is 0 Å². The number of nitrogens with one attached hydrogen (secondary N) is 1. The van der Waals surface area contributed by atoms with Crippen molar-refractivity contribution in [3.8, 4) is 0 Å².